The summed E-state index contributed by atoms with van der Waals surface area (Å²) in [6.07, 6.45) is -3.92. The second-order valence-electron chi connectivity index (χ2n) is 6.45. The van der Waals surface area contributed by atoms with E-state index in [0.29, 0.717) is 16.2 Å². The van der Waals surface area contributed by atoms with E-state index < -0.39 is 24.2 Å². The Morgan fingerprint density at radius 1 is 1.32 bits per heavy atom. The number of aromatic carboxylic acids is 1. The van der Waals surface area contributed by atoms with Gasteiger partial charge in [0.05, 0.1) is 23.8 Å². The standard InChI is InChI=1S/C17H18F3N3O2/c1-9(2)10-3-5-11(6-4-10)13-7-14(17(18,19)20)23-15(22-13)12(8-21-23)16(24)25/h3-6,8-9,13-14,22H,7H2,1-2H3,(H,24,25)/p-1/t13-,14+/m0/s1. The van der Waals surface area contributed by atoms with E-state index in [1.165, 1.54) is 0 Å². The van der Waals surface area contributed by atoms with Crippen LogP contribution in [0.1, 0.15) is 59.8 Å². The van der Waals surface area contributed by atoms with Crippen molar-refractivity contribution in [3.8, 4) is 0 Å². The molecule has 0 aliphatic carbocycles. The number of alkyl halides is 3. The second-order valence-corrected chi connectivity index (χ2v) is 6.45. The van der Waals surface area contributed by atoms with Crippen molar-refractivity contribution in [2.24, 2.45) is 0 Å². The topological polar surface area (TPSA) is 70.0 Å². The predicted molar refractivity (Wildman–Crippen MR) is 83.2 cm³/mol. The Labute approximate surface area is 142 Å². The van der Waals surface area contributed by atoms with Crippen molar-refractivity contribution in [1.29, 1.82) is 0 Å². The first kappa shape index (κ1) is 17.3. The van der Waals surface area contributed by atoms with Gasteiger partial charge in [0.15, 0.2) is 6.04 Å². The molecular formula is C17H17F3N3O2-. The van der Waals surface area contributed by atoms with Gasteiger partial charge in [-0.1, -0.05) is 38.1 Å². The van der Waals surface area contributed by atoms with Crippen LogP contribution < -0.4 is 10.4 Å². The molecule has 1 aliphatic heterocycles. The minimum Gasteiger partial charge on any atom is -0.545 e. The van der Waals surface area contributed by atoms with Gasteiger partial charge in [0.2, 0.25) is 0 Å². The maximum atomic E-state index is 13.4. The molecule has 0 saturated carbocycles. The van der Waals surface area contributed by atoms with Gasteiger partial charge in [0.1, 0.15) is 5.82 Å². The van der Waals surface area contributed by atoms with E-state index in [9.17, 15) is 23.1 Å². The molecule has 0 radical (unpaired) electrons. The Morgan fingerprint density at radius 2 is 1.96 bits per heavy atom. The largest absolute Gasteiger partial charge is 0.545 e. The smallest absolute Gasteiger partial charge is 0.410 e. The summed E-state index contributed by atoms with van der Waals surface area (Å²) >= 11 is 0. The summed E-state index contributed by atoms with van der Waals surface area (Å²) in [6.45, 7) is 4.05. The van der Waals surface area contributed by atoms with Crippen LogP contribution in [0.2, 0.25) is 0 Å². The number of carboxylic acid groups (broad SMARTS) is 1. The molecule has 1 aliphatic rings. The molecule has 0 saturated heterocycles. The van der Waals surface area contributed by atoms with Gasteiger partial charge in [0, 0.05) is 6.42 Å². The highest BCUT2D eigenvalue weighted by atomic mass is 19.4. The van der Waals surface area contributed by atoms with Gasteiger partial charge in [-0.15, -0.1) is 0 Å². The minimum atomic E-state index is -4.54. The Balaban J connectivity index is 2.00. The monoisotopic (exact) mass is 352 g/mol. The number of nitrogens with one attached hydrogen (secondary N) is 1. The molecule has 1 aromatic carbocycles. The Kier molecular flexibility index (Phi) is 4.22. The normalized spacial score (nSPS) is 20.2. The minimum absolute atomic E-state index is 0.175. The molecule has 1 N–H and O–H groups in total. The van der Waals surface area contributed by atoms with Crippen molar-refractivity contribution in [3.05, 3.63) is 47.2 Å². The molecule has 8 heteroatoms. The Bertz CT molecular complexity index is 781. The average molecular weight is 352 g/mol. The first-order valence-electron chi connectivity index (χ1n) is 7.90. The zero-order chi connectivity index (χ0) is 18.4. The molecule has 5 nitrogen and oxygen atoms in total. The number of fused-ring (bicyclic) bond motifs is 1. The maximum absolute atomic E-state index is 13.4. The van der Waals surface area contributed by atoms with Crippen LogP contribution >= 0.6 is 0 Å². The van der Waals surface area contributed by atoms with Gasteiger partial charge in [-0.3, -0.25) is 0 Å². The van der Waals surface area contributed by atoms with Crippen LogP contribution in [-0.4, -0.2) is 21.9 Å². The third-order valence-electron chi connectivity index (χ3n) is 4.46. The highest BCUT2D eigenvalue weighted by Crippen LogP contribution is 2.44. The highest BCUT2D eigenvalue weighted by molar-refractivity contribution is 5.91. The van der Waals surface area contributed by atoms with Gasteiger partial charge >= 0.3 is 6.18 Å². The summed E-state index contributed by atoms with van der Waals surface area (Å²) in [6, 6.07) is 4.71. The van der Waals surface area contributed by atoms with Crippen LogP contribution in [0.3, 0.4) is 0 Å². The lowest BCUT2D eigenvalue weighted by Gasteiger charge is -2.34. The average Bonchev–Trinajstić information content (AvgIpc) is 2.97. The first-order valence-corrected chi connectivity index (χ1v) is 7.90. The number of benzene rings is 1. The van der Waals surface area contributed by atoms with Crippen LogP contribution in [0.4, 0.5) is 19.0 Å². The molecule has 134 valence electrons. The van der Waals surface area contributed by atoms with Crippen molar-refractivity contribution in [2.45, 2.75) is 44.4 Å². The lowest BCUT2D eigenvalue weighted by atomic mass is 9.94. The lowest BCUT2D eigenvalue weighted by Crippen LogP contribution is -2.36. The van der Waals surface area contributed by atoms with Crippen LogP contribution in [-0.2, 0) is 0 Å². The molecule has 0 fully saturated rings. The van der Waals surface area contributed by atoms with E-state index in [4.69, 9.17) is 0 Å². The zero-order valence-corrected chi connectivity index (χ0v) is 13.7. The maximum Gasteiger partial charge on any atom is 0.410 e. The van der Waals surface area contributed by atoms with Crippen molar-refractivity contribution in [1.82, 2.24) is 9.78 Å². The molecule has 1 aromatic heterocycles. The SMILES string of the molecule is CC(C)c1ccc([C@@H]2C[C@H](C(F)(F)F)n3ncc(C(=O)[O-])c3N2)cc1. The number of anilines is 1. The molecule has 0 unspecified atom stereocenters. The molecule has 0 spiro atoms. The third kappa shape index (κ3) is 3.20. The summed E-state index contributed by atoms with van der Waals surface area (Å²) < 4.78 is 41.0. The fourth-order valence-electron chi connectivity index (χ4n) is 3.04. The highest BCUT2D eigenvalue weighted by Gasteiger charge is 2.46. The van der Waals surface area contributed by atoms with Gasteiger partial charge < -0.3 is 15.2 Å². The number of carbonyl (C=O) groups excluding carboxylic acids is 1. The molecule has 0 amide bonds. The number of hydrogen-bond donors (Lipinski definition) is 1. The number of rotatable bonds is 3. The molecule has 25 heavy (non-hydrogen) atoms. The number of aromatic nitrogens is 2. The molecule has 2 heterocycles. The molecule has 3 rings (SSSR count). The second kappa shape index (κ2) is 6.09. The van der Waals surface area contributed by atoms with Crippen molar-refractivity contribution >= 4 is 11.8 Å². The summed E-state index contributed by atoms with van der Waals surface area (Å²) in [5.41, 5.74) is 1.36. The summed E-state index contributed by atoms with van der Waals surface area (Å²) in [4.78, 5) is 11.2. The van der Waals surface area contributed by atoms with Crippen LogP contribution in [0.15, 0.2) is 30.5 Å². The fraction of sp³-hybridized carbons (Fsp3) is 0.412. The van der Waals surface area contributed by atoms with Gasteiger partial charge in [-0.2, -0.15) is 18.3 Å². The summed E-state index contributed by atoms with van der Waals surface area (Å²) in [5, 5.41) is 17.6. The molecule has 0 bridgehead atoms. The quantitative estimate of drug-likeness (QED) is 0.922. The van der Waals surface area contributed by atoms with Crippen molar-refractivity contribution in [3.63, 3.8) is 0 Å². The summed E-state index contributed by atoms with van der Waals surface area (Å²) in [5.74, 6) is -1.43. The van der Waals surface area contributed by atoms with E-state index in [2.05, 4.69) is 10.4 Å². The van der Waals surface area contributed by atoms with Gasteiger partial charge in [-0.25, -0.2) is 4.68 Å². The van der Waals surface area contributed by atoms with Crippen LogP contribution in [0, 0.1) is 0 Å². The lowest BCUT2D eigenvalue weighted by molar-refractivity contribution is -0.255. The Morgan fingerprint density at radius 3 is 2.48 bits per heavy atom. The number of halogens is 3. The van der Waals surface area contributed by atoms with Gasteiger partial charge in [-0.05, 0) is 17.0 Å². The number of carbonyl (C=O) groups is 1. The van der Waals surface area contributed by atoms with E-state index in [-0.39, 0.29) is 17.8 Å². The van der Waals surface area contributed by atoms with Crippen molar-refractivity contribution in [2.75, 3.05) is 5.32 Å². The number of hydrogen-bond acceptors (Lipinski definition) is 4. The van der Waals surface area contributed by atoms with E-state index >= 15 is 0 Å². The first-order chi connectivity index (χ1) is 11.7. The van der Waals surface area contributed by atoms with Gasteiger partial charge in [0.25, 0.3) is 0 Å². The number of nitrogens with zero attached hydrogens (tertiary/aromatic N) is 2. The zero-order valence-electron chi connectivity index (χ0n) is 13.7. The molecule has 2 atom stereocenters. The van der Waals surface area contributed by atoms with Crippen LogP contribution in [0.5, 0.6) is 0 Å². The van der Waals surface area contributed by atoms with Crippen molar-refractivity contribution < 1.29 is 23.1 Å². The third-order valence-corrected chi connectivity index (χ3v) is 4.46. The van der Waals surface area contributed by atoms with Crippen LogP contribution in [0.25, 0.3) is 0 Å². The Hall–Kier alpha value is -2.51. The van der Waals surface area contributed by atoms with E-state index in [1.54, 1.807) is 12.1 Å². The molecule has 2 aromatic rings. The predicted octanol–water partition coefficient (Wildman–Crippen LogP) is 3.03. The van der Waals surface area contributed by atoms with E-state index in [1.807, 2.05) is 26.0 Å². The summed E-state index contributed by atoms with van der Waals surface area (Å²) in [7, 11) is 0. The molecular weight excluding hydrogens is 335 g/mol. The van der Waals surface area contributed by atoms with E-state index in [0.717, 1.165) is 11.8 Å². The number of carboxylic acids is 1. The fourth-order valence-corrected chi connectivity index (χ4v) is 3.04.